The first kappa shape index (κ1) is 9.79. The fraction of sp³-hybridized carbons (Fsp3) is 0.750. The van der Waals surface area contributed by atoms with Crippen molar-refractivity contribution < 1.29 is 0 Å². The smallest absolute Gasteiger partial charge is 0.0913 e. The van der Waals surface area contributed by atoms with Gasteiger partial charge in [0, 0.05) is 5.80 Å². The summed E-state index contributed by atoms with van der Waals surface area (Å²) in [6.07, 6.45) is 3.56. The average molecular weight is 157 g/mol. The minimum atomic E-state index is -0.925. The van der Waals surface area contributed by atoms with Crippen molar-refractivity contribution in [3.8, 4) is 6.07 Å². The second-order valence-corrected chi connectivity index (χ2v) is 7.02. The molecule has 0 saturated heterocycles. The molecule has 2 heteroatoms. The summed E-state index contributed by atoms with van der Waals surface area (Å²) in [5.41, 5.74) is 0. The fourth-order valence-corrected chi connectivity index (χ4v) is 3.20. The third kappa shape index (κ3) is 2.20. The normalized spacial score (nSPS) is 10.6. The number of hydrogen-bond acceptors (Lipinski definition) is 1. The minimum Gasteiger partial charge on any atom is -0.193 e. The van der Waals surface area contributed by atoms with Gasteiger partial charge in [-0.3, -0.25) is 0 Å². The fourth-order valence-electron chi connectivity index (χ4n) is 1.07. The average Bonchev–Trinajstić information content (AvgIpc) is 2.01. The predicted octanol–water partition coefficient (Wildman–Crippen LogP) is 2.39. The van der Waals surface area contributed by atoms with E-state index in [1.807, 2.05) is 5.80 Å². The predicted molar refractivity (Wildman–Crippen MR) is 50.2 cm³/mol. The summed E-state index contributed by atoms with van der Waals surface area (Å²) in [5.74, 6) is 1.90. The molecular weight excluding hydrogens is 141 g/mol. The summed E-state index contributed by atoms with van der Waals surface area (Å²) >= 11 is 0. The molecule has 10 heavy (non-hydrogen) atoms. The van der Waals surface area contributed by atoms with Crippen LogP contribution in [0.25, 0.3) is 0 Å². The van der Waals surface area contributed by atoms with Gasteiger partial charge >= 0.3 is 0 Å². The van der Waals surface area contributed by atoms with E-state index in [1.54, 1.807) is 0 Å². The molecule has 0 fully saturated rings. The Labute approximate surface area is 64.0 Å². The van der Waals surface area contributed by atoms with Gasteiger partial charge in [-0.25, -0.2) is 0 Å². The maximum atomic E-state index is 8.52. The Morgan fingerprint density at radius 1 is 1.20 bits per heavy atom. The van der Waals surface area contributed by atoms with Gasteiger partial charge in [0.25, 0.3) is 0 Å². The van der Waals surface area contributed by atoms with Crippen LogP contribution in [0.3, 0.4) is 0 Å². The third-order valence-corrected chi connectivity index (χ3v) is 6.66. The van der Waals surface area contributed by atoms with Gasteiger partial charge in [-0.2, -0.15) is 5.26 Å². The monoisotopic (exact) mass is 157 g/mol. The van der Waals surface area contributed by atoms with Crippen molar-refractivity contribution >= 4 is 12.7 Å². The van der Waals surface area contributed by atoms with E-state index in [9.17, 15) is 0 Å². The first-order chi connectivity index (χ1) is 4.74. The SMILES string of the molecule is CCP(=CC#N)(CC)CC. The highest BCUT2D eigenvalue weighted by atomic mass is 31.2. The highest BCUT2D eigenvalue weighted by Gasteiger charge is 2.07. The first-order valence-corrected chi connectivity index (χ1v) is 6.25. The van der Waals surface area contributed by atoms with Crippen LogP contribution >= 0.6 is 6.89 Å². The van der Waals surface area contributed by atoms with E-state index in [2.05, 4.69) is 26.8 Å². The molecule has 0 radical (unpaired) electrons. The molecule has 0 spiro atoms. The van der Waals surface area contributed by atoms with Crippen LogP contribution in [0.5, 0.6) is 0 Å². The molecule has 0 aromatic carbocycles. The first-order valence-electron chi connectivity index (χ1n) is 3.84. The van der Waals surface area contributed by atoms with Crippen LogP contribution in [0.1, 0.15) is 20.8 Å². The lowest BCUT2D eigenvalue weighted by Crippen LogP contribution is -1.95. The van der Waals surface area contributed by atoms with E-state index in [0.29, 0.717) is 0 Å². The summed E-state index contributed by atoms with van der Waals surface area (Å²) in [7, 11) is 0. The number of nitrogens with zero attached hydrogens (tertiary/aromatic N) is 1. The van der Waals surface area contributed by atoms with Gasteiger partial charge in [0.1, 0.15) is 0 Å². The van der Waals surface area contributed by atoms with Crippen molar-refractivity contribution in [2.45, 2.75) is 20.8 Å². The van der Waals surface area contributed by atoms with Gasteiger partial charge in [0.05, 0.1) is 6.07 Å². The van der Waals surface area contributed by atoms with E-state index < -0.39 is 6.89 Å². The Bertz CT molecular complexity index is 157. The summed E-state index contributed by atoms with van der Waals surface area (Å²) in [5, 5.41) is 8.52. The molecule has 0 aliphatic rings. The standard InChI is InChI=1S/C8H16NP/c1-4-10(5-2,6-3)8-7-9/h8H,4-6H2,1-3H3. The maximum absolute atomic E-state index is 8.52. The van der Waals surface area contributed by atoms with Gasteiger partial charge in [-0.1, -0.05) is 27.7 Å². The summed E-state index contributed by atoms with van der Waals surface area (Å²) in [6.45, 7) is 5.64. The zero-order valence-electron chi connectivity index (χ0n) is 7.09. The highest BCUT2D eigenvalue weighted by molar-refractivity contribution is 7.75. The molecule has 0 heterocycles. The molecule has 0 saturated carbocycles. The lowest BCUT2D eigenvalue weighted by atomic mass is 10.9. The molecule has 0 N–H and O–H groups in total. The van der Waals surface area contributed by atoms with Crippen LogP contribution in [0.2, 0.25) is 0 Å². The van der Waals surface area contributed by atoms with Crippen LogP contribution in [0.4, 0.5) is 0 Å². The number of nitriles is 1. The molecule has 0 aliphatic heterocycles. The van der Waals surface area contributed by atoms with Gasteiger partial charge in [0.2, 0.25) is 0 Å². The van der Waals surface area contributed by atoms with Crippen molar-refractivity contribution in [2.75, 3.05) is 18.5 Å². The molecule has 0 aromatic rings. The Morgan fingerprint density at radius 3 is 1.70 bits per heavy atom. The largest absolute Gasteiger partial charge is 0.193 e. The van der Waals surface area contributed by atoms with Crippen molar-refractivity contribution in [3.63, 3.8) is 0 Å². The van der Waals surface area contributed by atoms with Gasteiger partial charge in [-0.15, -0.1) is 0 Å². The van der Waals surface area contributed by atoms with Crippen molar-refractivity contribution in [1.82, 2.24) is 0 Å². The highest BCUT2D eigenvalue weighted by Crippen LogP contribution is 2.44. The molecule has 0 bridgehead atoms. The lowest BCUT2D eigenvalue weighted by Gasteiger charge is -2.18. The van der Waals surface area contributed by atoms with Crippen LogP contribution in [0, 0.1) is 11.3 Å². The second-order valence-electron chi connectivity index (χ2n) is 2.43. The topological polar surface area (TPSA) is 23.8 Å². The molecule has 0 atom stereocenters. The summed E-state index contributed by atoms with van der Waals surface area (Å²) < 4.78 is 0. The summed E-state index contributed by atoms with van der Waals surface area (Å²) in [6, 6.07) is 2.19. The van der Waals surface area contributed by atoms with Gasteiger partial charge in [-0.05, 0) is 18.5 Å². The van der Waals surface area contributed by atoms with Crippen molar-refractivity contribution in [2.24, 2.45) is 0 Å². The third-order valence-electron chi connectivity index (χ3n) is 2.22. The van der Waals surface area contributed by atoms with Crippen molar-refractivity contribution in [3.05, 3.63) is 0 Å². The molecule has 58 valence electrons. The van der Waals surface area contributed by atoms with E-state index in [4.69, 9.17) is 5.26 Å². The minimum absolute atomic E-state index is 0.925. The summed E-state index contributed by atoms with van der Waals surface area (Å²) in [4.78, 5) is 0. The van der Waals surface area contributed by atoms with E-state index in [0.717, 1.165) is 0 Å². The quantitative estimate of drug-likeness (QED) is 0.577. The van der Waals surface area contributed by atoms with Crippen LogP contribution < -0.4 is 0 Å². The number of rotatable bonds is 3. The van der Waals surface area contributed by atoms with Crippen LogP contribution in [-0.2, 0) is 0 Å². The van der Waals surface area contributed by atoms with E-state index in [1.165, 1.54) is 18.5 Å². The van der Waals surface area contributed by atoms with Gasteiger partial charge < -0.3 is 0 Å². The molecule has 0 unspecified atom stereocenters. The zero-order valence-corrected chi connectivity index (χ0v) is 7.99. The second kappa shape index (κ2) is 4.58. The Balaban J connectivity index is 4.51. The Kier molecular flexibility index (Phi) is 4.49. The molecule has 0 aliphatic carbocycles. The Hall–Kier alpha value is -0.210. The zero-order chi connectivity index (χ0) is 8.04. The molecular formula is C8H16NP. The van der Waals surface area contributed by atoms with E-state index >= 15 is 0 Å². The molecule has 0 aromatic heterocycles. The molecule has 1 nitrogen and oxygen atoms in total. The Morgan fingerprint density at radius 2 is 1.60 bits per heavy atom. The van der Waals surface area contributed by atoms with Crippen LogP contribution in [0.15, 0.2) is 0 Å². The number of hydrogen-bond donors (Lipinski definition) is 0. The van der Waals surface area contributed by atoms with Crippen LogP contribution in [-0.4, -0.2) is 24.3 Å². The maximum Gasteiger partial charge on any atom is 0.0913 e. The molecule has 0 rings (SSSR count). The van der Waals surface area contributed by atoms with E-state index in [-0.39, 0.29) is 0 Å². The lowest BCUT2D eigenvalue weighted by molar-refractivity contribution is 1.34. The molecule has 0 amide bonds. The van der Waals surface area contributed by atoms with Crippen molar-refractivity contribution in [1.29, 1.82) is 5.26 Å². The van der Waals surface area contributed by atoms with Gasteiger partial charge in [0.15, 0.2) is 0 Å².